The molecule has 1 aromatic heterocycles. The van der Waals surface area contributed by atoms with Gasteiger partial charge in [0.15, 0.2) is 5.69 Å². The molecule has 1 heterocycles. The number of hydrogen-bond donors (Lipinski definition) is 0. The molecule has 5 heteroatoms. The summed E-state index contributed by atoms with van der Waals surface area (Å²) in [7, 11) is 1.23. The van der Waals surface area contributed by atoms with Crippen molar-refractivity contribution in [3.05, 3.63) is 28.5 Å². The van der Waals surface area contributed by atoms with E-state index in [1.54, 1.807) is 6.07 Å². The Kier molecular flexibility index (Phi) is 2.83. The van der Waals surface area contributed by atoms with Crippen LogP contribution < -0.4 is 0 Å². The van der Waals surface area contributed by atoms with E-state index in [4.69, 9.17) is 16.9 Å². The van der Waals surface area contributed by atoms with Gasteiger partial charge in [-0.25, -0.2) is 9.78 Å². The highest BCUT2D eigenvalue weighted by atomic mass is 35.5. The standard InChI is InChI=1S/C8H5ClN2O2/c1-13-8(12)7-3-5(9)2-6(4-10)11-7/h2-3H,1H3. The van der Waals surface area contributed by atoms with E-state index in [-0.39, 0.29) is 16.4 Å². The van der Waals surface area contributed by atoms with E-state index in [1.165, 1.54) is 19.2 Å². The normalized spacial score (nSPS) is 9.00. The van der Waals surface area contributed by atoms with E-state index in [0.29, 0.717) is 0 Å². The number of carbonyl (C=O) groups excluding carboxylic acids is 1. The zero-order valence-electron chi connectivity index (χ0n) is 6.74. The molecule has 0 aliphatic heterocycles. The van der Waals surface area contributed by atoms with Gasteiger partial charge in [0.2, 0.25) is 0 Å². The number of halogens is 1. The Morgan fingerprint density at radius 2 is 2.38 bits per heavy atom. The molecule has 0 aliphatic carbocycles. The lowest BCUT2D eigenvalue weighted by Crippen LogP contribution is -2.05. The number of nitriles is 1. The number of esters is 1. The van der Waals surface area contributed by atoms with Gasteiger partial charge in [-0.1, -0.05) is 11.6 Å². The maximum Gasteiger partial charge on any atom is 0.356 e. The van der Waals surface area contributed by atoms with Crippen LogP contribution in [0.15, 0.2) is 12.1 Å². The first kappa shape index (κ1) is 9.49. The number of hydrogen-bond acceptors (Lipinski definition) is 4. The maximum atomic E-state index is 11.0. The summed E-state index contributed by atoms with van der Waals surface area (Å²) in [4.78, 5) is 14.7. The average molecular weight is 197 g/mol. The number of pyridine rings is 1. The molecule has 0 N–H and O–H groups in total. The highest BCUT2D eigenvalue weighted by Gasteiger charge is 2.09. The minimum atomic E-state index is -0.612. The fraction of sp³-hybridized carbons (Fsp3) is 0.125. The second-order valence-corrected chi connectivity index (χ2v) is 2.60. The molecule has 0 saturated heterocycles. The van der Waals surface area contributed by atoms with Gasteiger partial charge in [-0.2, -0.15) is 5.26 Å². The third-order valence-electron chi connectivity index (χ3n) is 1.30. The smallest absolute Gasteiger partial charge is 0.356 e. The Balaban J connectivity index is 3.17. The maximum absolute atomic E-state index is 11.0. The molecule has 0 bridgehead atoms. The van der Waals surface area contributed by atoms with Crippen molar-refractivity contribution in [1.29, 1.82) is 5.26 Å². The first-order chi connectivity index (χ1) is 6.17. The van der Waals surface area contributed by atoms with Gasteiger partial charge in [-0.05, 0) is 12.1 Å². The highest BCUT2D eigenvalue weighted by Crippen LogP contribution is 2.11. The monoisotopic (exact) mass is 196 g/mol. The van der Waals surface area contributed by atoms with Crippen LogP contribution in [-0.2, 0) is 4.74 Å². The van der Waals surface area contributed by atoms with Gasteiger partial charge < -0.3 is 4.74 Å². The summed E-state index contributed by atoms with van der Waals surface area (Å²) in [5, 5.41) is 8.80. The summed E-state index contributed by atoms with van der Waals surface area (Å²) in [6.07, 6.45) is 0. The van der Waals surface area contributed by atoms with Crippen molar-refractivity contribution in [2.24, 2.45) is 0 Å². The molecule has 1 aromatic rings. The van der Waals surface area contributed by atoms with Crippen molar-refractivity contribution in [2.75, 3.05) is 7.11 Å². The summed E-state index contributed by atoms with van der Waals surface area (Å²) < 4.78 is 4.42. The Bertz CT molecular complexity index is 384. The Morgan fingerprint density at radius 1 is 1.69 bits per heavy atom. The number of methoxy groups -OCH3 is 1. The van der Waals surface area contributed by atoms with Gasteiger partial charge in [-0.15, -0.1) is 0 Å². The summed E-state index contributed by atoms with van der Waals surface area (Å²) in [5.41, 5.74) is 0.124. The van der Waals surface area contributed by atoms with Crippen molar-refractivity contribution >= 4 is 17.6 Å². The lowest BCUT2D eigenvalue weighted by Gasteiger charge is -1.98. The van der Waals surface area contributed by atoms with Crippen LogP contribution in [0.1, 0.15) is 16.2 Å². The first-order valence-corrected chi connectivity index (χ1v) is 3.71. The molecule has 0 unspecified atom stereocenters. The first-order valence-electron chi connectivity index (χ1n) is 3.33. The van der Waals surface area contributed by atoms with Crippen molar-refractivity contribution in [3.8, 4) is 6.07 Å². The van der Waals surface area contributed by atoms with Crippen molar-refractivity contribution < 1.29 is 9.53 Å². The molecular formula is C8H5ClN2O2. The molecule has 1 rings (SSSR count). The average Bonchev–Trinajstić information content (AvgIpc) is 2.15. The molecule has 0 spiro atoms. The summed E-state index contributed by atoms with van der Waals surface area (Å²) >= 11 is 5.63. The number of rotatable bonds is 1. The predicted molar refractivity (Wildman–Crippen MR) is 45.3 cm³/mol. The molecule has 0 amide bonds. The van der Waals surface area contributed by atoms with Crippen LogP contribution in [0.3, 0.4) is 0 Å². The zero-order valence-corrected chi connectivity index (χ0v) is 7.50. The van der Waals surface area contributed by atoms with E-state index in [2.05, 4.69) is 9.72 Å². The van der Waals surface area contributed by atoms with Gasteiger partial charge in [0.05, 0.1) is 7.11 Å². The van der Waals surface area contributed by atoms with Gasteiger partial charge in [0, 0.05) is 5.02 Å². The van der Waals surface area contributed by atoms with Gasteiger partial charge in [0.1, 0.15) is 11.8 Å². The Hall–Kier alpha value is -1.60. The molecule has 4 nitrogen and oxygen atoms in total. The van der Waals surface area contributed by atoms with Crippen LogP contribution in [-0.4, -0.2) is 18.1 Å². The van der Waals surface area contributed by atoms with Crippen LogP contribution in [0.2, 0.25) is 5.02 Å². The van der Waals surface area contributed by atoms with Crippen LogP contribution in [0.4, 0.5) is 0 Å². The molecular weight excluding hydrogens is 192 g/mol. The summed E-state index contributed by atoms with van der Waals surface area (Å²) in [5.74, 6) is -0.612. The third-order valence-corrected chi connectivity index (χ3v) is 1.52. The van der Waals surface area contributed by atoms with E-state index >= 15 is 0 Å². The van der Waals surface area contributed by atoms with Gasteiger partial charge in [-0.3, -0.25) is 0 Å². The van der Waals surface area contributed by atoms with Crippen LogP contribution >= 0.6 is 11.6 Å². The van der Waals surface area contributed by atoms with E-state index in [9.17, 15) is 4.79 Å². The second-order valence-electron chi connectivity index (χ2n) is 2.16. The molecule has 0 radical (unpaired) electrons. The van der Waals surface area contributed by atoms with E-state index in [1.807, 2.05) is 0 Å². The Morgan fingerprint density at radius 3 is 2.92 bits per heavy atom. The van der Waals surface area contributed by atoms with E-state index < -0.39 is 5.97 Å². The minimum Gasteiger partial charge on any atom is -0.464 e. The third kappa shape index (κ3) is 2.17. The lowest BCUT2D eigenvalue weighted by molar-refractivity contribution is 0.0594. The van der Waals surface area contributed by atoms with Gasteiger partial charge >= 0.3 is 5.97 Å². The quantitative estimate of drug-likeness (QED) is 0.637. The molecule has 0 fully saturated rings. The SMILES string of the molecule is COC(=O)c1cc(Cl)cc(C#N)n1. The molecule has 13 heavy (non-hydrogen) atoms. The Labute approximate surface area is 79.7 Å². The fourth-order valence-corrected chi connectivity index (χ4v) is 0.970. The number of ether oxygens (including phenoxy) is 1. The molecule has 0 aromatic carbocycles. The minimum absolute atomic E-state index is 0.0338. The van der Waals surface area contributed by atoms with Crippen LogP contribution in [0.25, 0.3) is 0 Å². The molecule has 0 saturated carbocycles. The fourth-order valence-electron chi connectivity index (χ4n) is 0.764. The van der Waals surface area contributed by atoms with Crippen LogP contribution in [0.5, 0.6) is 0 Å². The summed E-state index contributed by atoms with van der Waals surface area (Å²) in [6, 6.07) is 4.49. The molecule has 0 aliphatic rings. The topological polar surface area (TPSA) is 63.0 Å². The highest BCUT2D eigenvalue weighted by molar-refractivity contribution is 6.30. The zero-order chi connectivity index (χ0) is 9.84. The number of nitrogens with zero attached hydrogens (tertiary/aromatic N) is 2. The van der Waals surface area contributed by atoms with Crippen molar-refractivity contribution in [1.82, 2.24) is 4.98 Å². The van der Waals surface area contributed by atoms with Crippen molar-refractivity contribution in [2.45, 2.75) is 0 Å². The number of carbonyl (C=O) groups is 1. The van der Waals surface area contributed by atoms with Crippen LogP contribution in [0, 0.1) is 11.3 Å². The largest absolute Gasteiger partial charge is 0.464 e. The molecule has 0 atom stereocenters. The van der Waals surface area contributed by atoms with Crippen molar-refractivity contribution in [3.63, 3.8) is 0 Å². The second kappa shape index (κ2) is 3.87. The summed E-state index contributed by atoms with van der Waals surface area (Å²) in [6.45, 7) is 0. The van der Waals surface area contributed by atoms with Gasteiger partial charge in [0.25, 0.3) is 0 Å². The van der Waals surface area contributed by atoms with E-state index in [0.717, 1.165) is 0 Å². The molecule has 66 valence electrons. The number of aromatic nitrogens is 1. The predicted octanol–water partition coefficient (Wildman–Crippen LogP) is 1.39. The lowest BCUT2D eigenvalue weighted by atomic mass is 10.3.